The van der Waals surface area contributed by atoms with Crippen molar-refractivity contribution in [1.82, 2.24) is 14.7 Å². The molecule has 0 fully saturated rings. The molecule has 0 saturated heterocycles. The molecule has 11 heteroatoms. The molecule has 1 aliphatic carbocycles. The highest BCUT2D eigenvalue weighted by atomic mass is 35.5. The lowest BCUT2D eigenvalue weighted by molar-refractivity contribution is -0.0980. The monoisotopic (exact) mass is 642 g/mol. The number of nitrogens with zero attached hydrogens (tertiary/aromatic N) is 1. The van der Waals surface area contributed by atoms with Gasteiger partial charge in [0.05, 0.1) is 16.2 Å². The number of nitrogens with two attached hydrogens (primary N) is 1. The predicted octanol–water partition coefficient (Wildman–Crippen LogP) is 7.97. The second-order valence-corrected chi connectivity index (χ2v) is 12.2. The summed E-state index contributed by atoms with van der Waals surface area (Å²) in [7, 11) is 1.50. The van der Waals surface area contributed by atoms with E-state index in [-0.39, 0.29) is 5.82 Å². The summed E-state index contributed by atoms with van der Waals surface area (Å²) in [6, 6.07) is 12.3. The molecule has 4 rings (SSSR count). The number of hydrogen-bond donors (Lipinski definition) is 3. The number of imidazole rings is 1. The number of aromatic amines is 1. The first-order chi connectivity index (χ1) is 19.3. The van der Waals surface area contributed by atoms with Gasteiger partial charge in [-0.3, -0.25) is 4.72 Å². The summed E-state index contributed by atoms with van der Waals surface area (Å²) in [6.45, 7) is 7.13. The smallest absolute Gasteiger partial charge is 0.165 e. The van der Waals surface area contributed by atoms with Crippen molar-refractivity contribution in [2.75, 3.05) is 19.3 Å². The third-order valence-corrected chi connectivity index (χ3v) is 9.31. The van der Waals surface area contributed by atoms with Gasteiger partial charge in [0, 0.05) is 40.1 Å². The first-order valence-electron chi connectivity index (χ1n) is 12.5. The molecule has 1 heterocycles. The fraction of sp³-hybridized carbons (Fsp3) is 0.310. The zero-order valence-electron chi connectivity index (χ0n) is 22.6. The molecule has 0 saturated carbocycles. The van der Waals surface area contributed by atoms with Crippen LogP contribution >= 0.6 is 58.5 Å². The number of allylic oxidation sites excluding steroid dienone is 2. The summed E-state index contributed by atoms with van der Waals surface area (Å²) >= 11 is 22.5. The Balaban J connectivity index is 0.00000134. The zero-order chi connectivity index (χ0) is 29.7. The molecule has 2 unspecified atom stereocenters. The number of benzene rings is 2. The SMILES string of the molecule is C=O.CCNSC1C=CC(CSc2ncc(C(C)(Cc3ccc(F)cc3)c3ccc(Cl)c(Cl)c3)[nH]2)=C(Cl)C1.CN. The average molecular weight is 644 g/mol. The lowest BCUT2D eigenvalue weighted by Gasteiger charge is -2.30. The summed E-state index contributed by atoms with van der Waals surface area (Å²) in [5.41, 5.74) is 8.06. The van der Waals surface area contributed by atoms with E-state index in [1.165, 1.54) is 19.2 Å². The molecule has 0 radical (unpaired) electrons. The van der Waals surface area contributed by atoms with Crippen LogP contribution in [0.2, 0.25) is 10.0 Å². The van der Waals surface area contributed by atoms with Gasteiger partial charge in [0.2, 0.25) is 0 Å². The van der Waals surface area contributed by atoms with E-state index in [1.807, 2.05) is 37.3 Å². The van der Waals surface area contributed by atoms with Crippen LogP contribution in [0.3, 0.4) is 0 Å². The molecule has 2 atom stereocenters. The van der Waals surface area contributed by atoms with Gasteiger partial charge in [0.25, 0.3) is 0 Å². The molecule has 0 amide bonds. The van der Waals surface area contributed by atoms with E-state index in [0.717, 1.165) is 51.3 Å². The number of thioether (sulfide) groups is 1. The number of nitrogens with one attached hydrogen (secondary N) is 2. The molecule has 4 N–H and O–H groups in total. The first-order valence-corrected chi connectivity index (χ1v) is 15.5. The van der Waals surface area contributed by atoms with E-state index in [1.54, 1.807) is 29.8 Å². The molecule has 3 aromatic rings. The van der Waals surface area contributed by atoms with Crippen LogP contribution in [-0.2, 0) is 16.6 Å². The van der Waals surface area contributed by atoms with E-state index in [9.17, 15) is 4.39 Å². The molecule has 0 spiro atoms. The van der Waals surface area contributed by atoms with Gasteiger partial charge in [0.15, 0.2) is 5.16 Å². The lowest BCUT2D eigenvalue weighted by Crippen LogP contribution is -2.27. The Morgan fingerprint density at radius 3 is 2.48 bits per heavy atom. The summed E-state index contributed by atoms with van der Waals surface area (Å²) in [5, 5.41) is 3.04. The summed E-state index contributed by atoms with van der Waals surface area (Å²) < 4.78 is 16.8. The summed E-state index contributed by atoms with van der Waals surface area (Å²) in [6.07, 6.45) is 7.63. The van der Waals surface area contributed by atoms with Crippen LogP contribution in [0, 0.1) is 5.82 Å². The van der Waals surface area contributed by atoms with Crippen LogP contribution in [0.4, 0.5) is 4.39 Å². The highest BCUT2D eigenvalue weighted by molar-refractivity contribution is 7.99. The van der Waals surface area contributed by atoms with Crippen molar-refractivity contribution >= 4 is 65.3 Å². The quantitative estimate of drug-likeness (QED) is 0.154. The Morgan fingerprint density at radius 1 is 1.15 bits per heavy atom. The fourth-order valence-electron chi connectivity index (χ4n) is 4.09. The van der Waals surface area contributed by atoms with E-state index >= 15 is 0 Å². The Morgan fingerprint density at radius 2 is 1.85 bits per heavy atom. The van der Waals surface area contributed by atoms with Crippen molar-refractivity contribution in [2.24, 2.45) is 5.73 Å². The molecule has 1 aliphatic rings. The lowest BCUT2D eigenvalue weighted by atomic mass is 9.75. The second-order valence-electron chi connectivity index (χ2n) is 8.80. The maximum Gasteiger partial charge on any atom is 0.165 e. The highest BCUT2D eigenvalue weighted by Crippen LogP contribution is 2.38. The Bertz CT molecular complexity index is 1290. The number of halogens is 4. The van der Waals surface area contributed by atoms with Crippen molar-refractivity contribution < 1.29 is 9.18 Å². The molecule has 0 bridgehead atoms. The van der Waals surface area contributed by atoms with E-state index in [4.69, 9.17) is 39.6 Å². The number of hydrogen-bond acceptors (Lipinski definition) is 6. The molecule has 5 nitrogen and oxygen atoms in total. The van der Waals surface area contributed by atoms with Gasteiger partial charge in [0.1, 0.15) is 12.6 Å². The average Bonchev–Trinajstić information content (AvgIpc) is 3.46. The van der Waals surface area contributed by atoms with Crippen molar-refractivity contribution in [3.05, 3.63) is 104 Å². The molecule has 0 aliphatic heterocycles. The number of H-pyrrole nitrogens is 1. The third-order valence-electron chi connectivity index (χ3n) is 6.16. The highest BCUT2D eigenvalue weighted by Gasteiger charge is 2.32. The van der Waals surface area contributed by atoms with Crippen molar-refractivity contribution in [1.29, 1.82) is 0 Å². The van der Waals surface area contributed by atoms with Gasteiger partial charge in [-0.15, -0.1) is 0 Å². The molecule has 2 aromatic carbocycles. The van der Waals surface area contributed by atoms with Crippen molar-refractivity contribution in [3.63, 3.8) is 0 Å². The number of carbonyl (C=O) groups excluding carboxylic acids is 1. The largest absolute Gasteiger partial charge is 0.336 e. The zero-order valence-corrected chi connectivity index (χ0v) is 26.5. The maximum atomic E-state index is 13.5. The Hall–Kier alpha value is -1.78. The second kappa shape index (κ2) is 17.2. The van der Waals surface area contributed by atoms with Crippen LogP contribution in [0.15, 0.2) is 76.6 Å². The first kappa shape index (κ1) is 34.4. The van der Waals surface area contributed by atoms with Gasteiger partial charge >= 0.3 is 0 Å². The number of aromatic nitrogens is 2. The summed E-state index contributed by atoms with van der Waals surface area (Å²) in [4.78, 5) is 16.2. The van der Waals surface area contributed by atoms with Crippen LogP contribution in [-0.4, -0.2) is 41.4 Å². The molecule has 1 aromatic heterocycles. The standard InChI is InChI=1S/C27H27Cl3FN3S2.CH5N.CH2O/c1-3-33-36-21-10-6-18(23(29)13-21)16-35-26-32-15-25(34-26)27(2,14-17-4-8-20(31)9-5-17)19-7-11-22(28)24(30)12-19;2*1-2/h4-12,15,21,33H,3,13-14,16H2,1-2H3,(H,32,34);2H2,1H3;1H2. The van der Waals surface area contributed by atoms with Crippen molar-refractivity contribution in [2.45, 2.75) is 42.5 Å². The van der Waals surface area contributed by atoms with Crippen LogP contribution in [0.5, 0.6) is 0 Å². The van der Waals surface area contributed by atoms with Crippen LogP contribution < -0.4 is 10.5 Å². The van der Waals surface area contributed by atoms with E-state index < -0.39 is 5.41 Å². The van der Waals surface area contributed by atoms with Gasteiger partial charge < -0.3 is 15.5 Å². The van der Waals surface area contributed by atoms with Gasteiger partial charge in [-0.2, -0.15) is 0 Å². The normalized spacial score (nSPS) is 15.9. The Labute approximate surface area is 259 Å². The van der Waals surface area contributed by atoms with E-state index in [0.29, 0.717) is 21.7 Å². The molecule has 40 heavy (non-hydrogen) atoms. The molecular weight excluding hydrogens is 610 g/mol. The fourth-order valence-corrected chi connectivity index (χ4v) is 6.52. The minimum Gasteiger partial charge on any atom is -0.336 e. The minimum atomic E-state index is -0.490. The van der Waals surface area contributed by atoms with Gasteiger partial charge in [-0.25, -0.2) is 9.37 Å². The van der Waals surface area contributed by atoms with Gasteiger partial charge in [-0.05, 0) is 61.4 Å². The van der Waals surface area contributed by atoms with Crippen molar-refractivity contribution in [3.8, 4) is 0 Å². The molecule has 216 valence electrons. The van der Waals surface area contributed by atoms with E-state index in [2.05, 4.69) is 46.4 Å². The summed E-state index contributed by atoms with van der Waals surface area (Å²) in [5.74, 6) is 0.467. The topological polar surface area (TPSA) is 83.8 Å². The van der Waals surface area contributed by atoms with Crippen LogP contribution in [0.1, 0.15) is 37.1 Å². The number of rotatable bonds is 10. The third kappa shape index (κ3) is 9.38. The number of carbonyl (C=O) groups is 1. The maximum absolute atomic E-state index is 13.5. The predicted molar refractivity (Wildman–Crippen MR) is 171 cm³/mol. The minimum absolute atomic E-state index is 0.258. The van der Waals surface area contributed by atoms with Crippen LogP contribution in [0.25, 0.3) is 0 Å². The van der Waals surface area contributed by atoms with Gasteiger partial charge in [-0.1, -0.05) is 95.8 Å². The Kier molecular flexibility index (Phi) is 14.8. The molecular formula is C29H34Cl3FN4OS2.